The number of nitrogens with zero attached hydrogens (tertiary/aromatic N) is 2. The smallest absolute Gasteiger partial charge is 0.329 e. The zero-order valence-corrected chi connectivity index (χ0v) is 40.4. The Balaban J connectivity index is 1.26. The second kappa shape index (κ2) is 23.3. The zero-order chi connectivity index (χ0) is 47.7. The van der Waals surface area contributed by atoms with E-state index < -0.39 is 72.0 Å². The fourth-order valence-electron chi connectivity index (χ4n) is 10.7. The molecule has 1 aromatic carbocycles. The normalized spacial score (nSPS) is 35.9. The highest BCUT2D eigenvalue weighted by Crippen LogP contribution is 2.39. The molecule has 1 aromatic heterocycles. The molecule has 0 spiro atoms. The number of carbonyl (C=O) groups is 4. The topological polar surface area (TPSA) is 187 Å². The molecule has 3 N–H and O–H groups in total. The van der Waals surface area contributed by atoms with Crippen molar-refractivity contribution in [1.82, 2.24) is 14.9 Å². The lowest BCUT2D eigenvalue weighted by Gasteiger charge is -2.47. The van der Waals surface area contributed by atoms with E-state index in [0.29, 0.717) is 63.6 Å². The maximum atomic E-state index is 14.5. The largest absolute Gasteiger partial charge is 0.456 e. The Bertz CT molecular complexity index is 2020. The third-order valence-corrected chi connectivity index (χ3v) is 14.6. The van der Waals surface area contributed by atoms with Crippen molar-refractivity contribution in [1.29, 1.82) is 0 Å². The Morgan fingerprint density at radius 2 is 1.70 bits per heavy atom. The van der Waals surface area contributed by atoms with E-state index in [-0.39, 0.29) is 61.9 Å². The van der Waals surface area contributed by atoms with Crippen molar-refractivity contribution >= 4 is 23.4 Å². The van der Waals surface area contributed by atoms with Gasteiger partial charge in [-0.2, -0.15) is 0 Å². The summed E-state index contributed by atoms with van der Waals surface area (Å²) in [6.45, 7) is 12.0. The highest BCUT2D eigenvalue weighted by atomic mass is 16.7. The number of rotatable bonds is 9. The number of benzene rings is 1. The maximum Gasteiger partial charge on any atom is 0.329 e. The number of aliphatic hydroxyl groups excluding tert-OH is 1. The minimum Gasteiger partial charge on any atom is -0.456 e. The van der Waals surface area contributed by atoms with E-state index in [4.69, 9.17) is 23.7 Å². The number of aromatic nitrogens is 2. The summed E-state index contributed by atoms with van der Waals surface area (Å²) in [6.07, 6.45) is 8.19. The number of ether oxygens (including phenoxy) is 5. The number of aromatic amines is 1. The van der Waals surface area contributed by atoms with Gasteiger partial charge in [0.1, 0.15) is 36.5 Å². The number of Topliss-reactive ketones (excluding diaryl/α,β-unsaturated/α-hetero) is 2. The average Bonchev–Trinajstić information content (AvgIpc) is 3.80. The van der Waals surface area contributed by atoms with Crippen LogP contribution in [0.4, 0.5) is 0 Å². The van der Waals surface area contributed by atoms with Gasteiger partial charge in [0.15, 0.2) is 0 Å². The molecule has 13 atom stereocenters. The van der Waals surface area contributed by atoms with Crippen LogP contribution in [0.3, 0.4) is 0 Å². The Kier molecular flexibility index (Phi) is 18.1. The molecule has 0 radical (unpaired) electrons. The molecule has 3 aliphatic heterocycles. The number of imidazole rings is 1. The molecule has 2 saturated heterocycles. The van der Waals surface area contributed by atoms with E-state index >= 15 is 0 Å². The molecule has 13 unspecified atom stereocenters. The van der Waals surface area contributed by atoms with Crippen LogP contribution in [0, 0.1) is 29.6 Å². The van der Waals surface area contributed by atoms with Crippen molar-refractivity contribution in [2.45, 2.75) is 174 Å². The summed E-state index contributed by atoms with van der Waals surface area (Å²) in [7, 11) is 3.10. The maximum absolute atomic E-state index is 14.5. The van der Waals surface area contributed by atoms with Gasteiger partial charge in [-0.15, -0.1) is 0 Å². The van der Waals surface area contributed by atoms with E-state index in [1.54, 1.807) is 21.1 Å². The number of cyclic esters (lactones) is 1. The minimum absolute atomic E-state index is 0.00428. The lowest BCUT2D eigenvalue weighted by atomic mass is 9.82. The van der Waals surface area contributed by atoms with Gasteiger partial charge in [-0.3, -0.25) is 14.4 Å². The highest BCUT2D eigenvalue weighted by molar-refractivity contribution is 6.39. The predicted molar refractivity (Wildman–Crippen MR) is 248 cm³/mol. The number of hydrogen-bond acceptors (Lipinski definition) is 12. The fraction of sp³-hybridized carbons (Fsp3) is 0.673. The van der Waals surface area contributed by atoms with Crippen LogP contribution in [0.2, 0.25) is 0 Å². The van der Waals surface area contributed by atoms with Crippen LogP contribution >= 0.6 is 0 Å². The Morgan fingerprint density at radius 3 is 2.41 bits per heavy atom. The Labute approximate surface area is 391 Å². The quantitative estimate of drug-likeness (QED) is 0.128. The summed E-state index contributed by atoms with van der Waals surface area (Å²) < 4.78 is 30.8. The van der Waals surface area contributed by atoms with Gasteiger partial charge in [-0.25, -0.2) is 9.78 Å². The van der Waals surface area contributed by atoms with Crippen LogP contribution in [0.5, 0.6) is 0 Å². The number of methoxy groups -OCH3 is 2. The standard InChI is InChI=1S/C52H75N3O11/c1-9-37-24-31(2)23-32(3)25-44(62-7)48-45(63-8)27-35(6)52(61,66-48)49(58)50(59)55-22-14-13-17-40(55)51(60)65-47(33(4)18-20-41(37)56)34(5)26-36-19-21-42(57)43(28-36)64-30-46-53-29-39(54-46)38-15-11-10-12-16-38/h10-12,15-16,24,26,29,32-33,35-37,40,42-45,47-48,57,61H,9,13-14,17-23,25,27-28,30H2,1-8H3,(H,53,54)/b31-24+,34-26?. The lowest BCUT2D eigenvalue weighted by Crippen LogP contribution is -2.64. The van der Waals surface area contributed by atoms with Crippen molar-refractivity contribution in [3.05, 3.63) is 65.7 Å². The lowest BCUT2D eigenvalue weighted by molar-refractivity contribution is -0.302. The molecule has 2 bridgehead atoms. The van der Waals surface area contributed by atoms with Crippen LogP contribution < -0.4 is 0 Å². The zero-order valence-electron chi connectivity index (χ0n) is 40.4. The predicted octanol–water partition coefficient (Wildman–Crippen LogP) is 7.46. The van der Waals surface area contributed by atoms with Gasteiger partial charge in [-0.05, 0) is 108 Å². The molecular weight excluding hydrogens is 843 g/mol. The van der Waals surface area contributed by atoms with Gasteiger partial charge in [0.2, 0.25) is 5.79 Å². The van der Waals surface area contributed by atoms with Crippen molar-refractivity contribution < 1.29 is 53.1 Å². The minimum atomic E-state index is -2.49. The number of hydrogen-bond donors (Lipinski definition) is 3. The molecule has 4 aliphatic rings. The van der Waals surface area contributed by atoms with Crippen LogP contribution in [-0.4, -0.2) is 118 Å². The van der Waals surface area contributed by atoms with Gasteiger partial charge in [-0.1, -0.05) is 75.8 Å². The first-order valence-electron chi connectivity index (χ1n) is 24.4. The molecule has 14 heteroatoms. The number of allylic oxidation sites excluding steroid dienone is 3. The van der Waals surface area contributed by atoms with Crippen LogP contribution in [0.25, 0.3) is 11.3 Å². The SMILES string of the molecule is CCC1/C=C(\C)CC(C)CC(OC)C2OC(O)(C(=O)C(=O)N3CCCCC3C(=O)OC(C(C)=CC3CCC(O)C(OCc4nc(-c5ccccc5)c[nH]4)C3)C(C)CCC1=O)C(C)CC2OC. The van der Waals surface area contributed by atoms with Crippen LogP contribution in [0.15, 0.2) is 59.8 Å². The number of nitrogens with one attached hydrogen (secondary N) is 1. The van der Waals surface area contributed by atoms with Crippen molar-refractivity contribution in [2.24, 2.45) is 29.6 Å². The van der Waals surface area contributed by atoms with Gasteiger partial charge in [0, 0.05) is 50.8 Å². The third-order valence-electron chi connectivity index (χ3n) is 14.6. The molecular formula is C52H75N3O11. The molecule has 1 saturated carbocycles. The van der Waals surface area contributed by atoms with Crippen LogP contribution in [0.1, 0.15) is 124 Å². The first-order valence-corrected chi connectivity index (χ1v) is 24.4. The molecule has 3 fully saturated rings. The van der Waals surface area contributed by atoms with Crippen molar-refractivity contribution in [3.8, 4) is 11.3 Å². The summed E-state index contributed by atoms with van der Waals surface area (Å²) in [5.41, 5.74) is 3.67. The van der Waals surface area contributed by atoms with Crippen LogP contribution in [-0.2, 0) is 49.5 Å². The number of aliphatic hydroxyl groups is 2. The Morgan fingerprint density at radius 1 is 0.970 bits per heavy atom. The number of ketones is 2. The summed E-state index contributed by atoms with van der Waals surface area (Å²) in [5, 5.41) is 23.2. The number of amides is 1. The van der Waals surface area contributed by atoms with Gasteiger partial charge in [0.25, 0.3) is 11.7 Å². The molecule has 364 valence electrons. The molecule has 66 heavy (non-hydrogen) atoms. The number of fused-ring (bicyclic) bond motifs is 3. The van der Waals surface area contributed by atoms with E-state index in [2.05, 4.69) is 29.0 Å². The highest BCUT2D eigenvalue weighted by Gasteiger charge is 2.56. The second-order valence-corrected chi connectivity index (χ2v) is 19.7. The number of piperidine rings is 1. The van der Waals surface area contributed by atoms with Crippen molar-refractivity contribution in [2.75, 3.05) is 20.8 Å². The molecule has 2 aromatic rings. The van der Waals surface area contributed by atoms with E-state index in [0.717, 1.165) is 22.4 Å². The Hall–Kier alpha value is -4.05. The fourth-order valence-corrected chi connectivity index (χ4v) is 10.7. The summed E-state index contributed by atoms with van der Waals surface area (Å²) in [6, 6.07) is 8.79. The first kappa shape index (κ1) is 51.3. The van der Waals surface area contributed by atoms with E-state index in [9.17, 15) is 29.4 Å². The monoisotopic (exact) mass is 918 g/mol. The molecule has 14 nitrogen and oxygen atoms in total. The number of esters is 1. The number of H-pyrrole nitrogens is 1. The first-order chi connectivity index (χ1) is 31.6. The molecule has 1 aliphatic carbocycles. The second-order valence-electron chi connectivity index (χ2n) is 19.7. The van der Waals surface area contributed by atoms with E-state index in [1.165, 1.54) is 4.90 Å². The number of carbonyl (C=O) groups excluding carboxylic acids is 4. The summed E-state index contributed by atoms with van der Waals surface area (Å²) in [4.78, 5) is 66.3. The van der Waals surface area contributed by atoms with Gasteiger partial charge in [0.05, 0.1) is 30.1 Å². The third kappa shape index (κ3) is 12.3. The van der Waals surface area contributed by atoms with E-state index in [1.807, 2.05) is 64.2 Å². The molecule has 1 amide bonds. The van der Waals surface area contributed by atoms with Crippen molar-refractivity contribution in [3.63, 3.8) is 0 Å². The molecule has 6 rings (SSSR count). The summed E-state index contributed by atoms with van der Waals surface area (Å²) >= 11 is 0. The van der Waals surface area contributed by atoms with Gasteiger partial charge >= 0.3 is 5.97 Å². The van der Waals surface area contributed by atoms with Gasteiger partial charge < -0.3 is 43.8 Å². The summed E-state index contributed by atoms with van der Waals surface area (Å²) in [5.74, 6) is -5.79. The average molecular weight is 918 g/mol. The molecule has 4 heterocycles.